The molecule has 1 aliphatic carbocycles. The molecular weight excluding hydrogens is 271 g/mol. The van der Waals surface area contributed by atoms with Crippen molar-refractivity contribution in [3.05, 3.63) is 35.6 Å². The zero-order valence-electron chi connectivity index (χ0n) is 9.33. The summed E-state index contributed by atoms with van der Waals surface area (Å²) in [6, 6.07) is 6.64. The van der Waals surface area contributed by atoms with Crippen LogP contribution in [0.2, 0.25) is 0 Å². The lowest BCUT2D eigenvalue weighted by atomic mass is 10.1. The first-order chi connectivity index (χ1) is 7.70. The predicted octanol–water partition coefficient (Wildman–Crippen LogP) is 4.08. The molecule has 1 saturated carbocycles. The van der Waals surface area contributed by atoms with Gasteiger partial charge in [-0.1, -0.05) is 28.1 Å². The molecule has 1 aromatic rings. The minimum absolute atomic E-state index is 0.0497. The van der Waals surface area contributed by atoms with E-state index in [0.717, 1.165) is 5.56 Å². The van der Waals surface area contributed by atoms with Crippen LogP contribution in [0.1, 0.15) is 31.4 Å². The van der Waals surface area contributed by atoms with Crippen molar-refractivity contribution in [2.45, 2.75) is 32.0 Å². The van der Waals surface area contributed by atoms with Gasteiger partial charge in [0.1, 0.15) is 5.82 Å². The predicted molar refractivity (Wildman–Crippen MR) is 66.2 cm³/mol. The normalized spacial score (nSPS) is 19.4. The Morgan fingerprint density at radius 1 is 1.50 bits per heavy atom. The Labute approximate surface area is 104 Å². The number of halogens is 2. The Morgan fingerprint density at radius 3 is 2.81 bits per heavy atom. The van der Waals surface area contributed by atoms with Gasteiger partial charge in [0, 0.05) is 5.33 Å². The van der Waals surface area contributed by atoms with Gasteiger partial charge in [-0.3, -0.25) is 0 Å². The fourth-order valence-electron chi connectivity index (χ4n) is 1.85. The molecule has 0 spiro atoms. The van der Waals surface area contributed by atoms with Gasteiger partial charge >= 0.3 is 0 Å². The van der Waals surface area contributed by atoms with Crippen LogP contribution in [0.3, 0.4) is 0 Å². The van der Waals surface area contributed by atoms with E-state index in [2.05, 4.69) is 22.9 Å². The molecule has 0 heterocycles. The van der Waals surface area contributed by atoms with Crippen molar-refractivity contribution in [2.75, 3.05) is 5.33 Å². The van der Waals surface area contributed by atoms with Gasteiger partial charge in [0.25, 0.3) is 0 Å². The topological polar surface area (TPSA) is 9.23 Å². The van der Waals surface area contributed by atoms with E-state index in [1.54, 1.807) is 12.1 Å². The van der Waals surface area contributed by atoms with Crippen molar-refractivity contribution in [3.63, 3.8) is 0 Å². The van der Waals surface area contributed by atoms with Crippen LogP contribution in [-0.2, 0) is 4.74 Å². The molecule has 0 N–H and O–H groups in total. The van der Waals surface area contributed by atoms with E-state index in [0.29, 0.717) is 11.2 Å². The van der Waals surface area contributed by atoms with Crippen molar-refractivity contribution in [3.8, 4) is 0 Å². The molecule has 2 atom stereocenters. The summed E-state index contributed by atoms with van der Waals surface area (Å²) < 4.78 is 19.1. The van der Waals surface area contributed by atoms with Gasteiger partial charge in [0.05, 0.1) is 12.2 Å². The zero-order valence-corrected chi connectivity index (χ0v) is 10.9. The lowest BCUT2D eigenvalue weighted by Crippen LogP contribution is -2.16. The van der Waals surface area contributed by atoms with Gasteiger partial charge in [-0.15, -0.1) is 0 Å². The van der Waals surface area contributed by atoms with E-state index in [1.165, 1.54) is 18.9 Å². The molecule has 0 aromatic heterocycles. The summed E-state index contributed by atoms with van der Waals surface area (Å²) in [7, 11) is 0. The second-order valence-electron chi connectivity index (χ2n) is 4.38. The highest BCUT2D eigenvalue weighted by atomic mass is 79.9. The molecule has 0 bridgehead atoms. The third-order valence-electron chi connectivity index (χ3n) is 3.03. The fraction of sp³-hybridized carbons (Fsp3) is 0.538. The maximum Gasteiger partial charge on any atom is 0.123 e. The van der Waals surface area contributed by atoms with E-state index in [1.807, 2.05) is 6.07 Å². The third kappa shape index (κ3) is 3.05. The van der Waals surface area contributed by atoms with E-state index in [-0.39, 0.29) is 18.0 Å². The first-order valence-electron chi connectivity index (χ1n) is 5.67. The molecule has 1 nitrogen and oxygen atoms in total. The van der Waals surface area contributed by atoms with E-state index < -0.39 is 0 Å². The Hall–Kier alpha value is -0.410. The van der Waals surface area contributed by atoms with Gasteiger partial charge in [-0.25, -0.2) is 4.39 Å². The molecule has 1 aliphatic rings. The number of ether oxygens (including phenoxy) is 1. The summed E-state index contributed by atoms with van der Waals surface area (Å²) in [5.74, 6) is 0.501. The van der Waals surface area contributed by atoms with Crippen LogP contribution in [0.15, 0.2) is 24.3 Å². The standard InChI is InChI=1S/C13H16BrFO/c1-9(10-5-6-10)16-13(8-14)11-3-2-4-12(15)7-11/h2-4,7,9-10,13H,5-6,8H2,1H3. The molecule has 88 valence electrons. The van der Waals surface area contributed by atoms with Gasteiger partial charge < -0.3 is 4.74 Å². The molecule has 0 aliphatic heterocycles. The molecule has 2 unspecified atom stereocenters. The summed E-state index contributed by atoms with van der Waals surface area (Å²) in [6.45, 7) is 2.10. The lowest BCUT2D eigenvalue weighted by molar-refractivity contribution is -0.00164. The number of alkyl halides is 1. The van der Waals surface area contributed by atoms with Gasteiger partial charge in [0.2, 0.25) is 0 Å². The second-order valence-corrected chi connectivity index (χ2v) is 5.02. The fourth-order valence-corrected chi connectivity index (χ4v) is 2.37. The molecule has 0 saturated heterocycles. The molecule has 0 amide bonds. The second kappa shape index (κ2) is 5.28. The van der Waals surface area contributed by atoms with Crippen molar-refractivity contribution in [1.29, 1.82) is 0 Å². The highest BCUT2D eigenvalue weighted by Gasteiger charge is 2.30. The maximum absolute atomic E-state index is 13.1. The van der Waals surface area contributed by atoms with Gasteiger partial charge in [-0.2, -0.15) is 0 Å². The molecule has 16 heavy (non-hydrogen) atoms. The Bertz CT molecular complexity index is 352. The number of rotatable bonds is 5. The number of benzene rings is 1. The smallest absolute Gasteiger partial charge is 0.123 e. The average Bonchev–Trinajstić information content (AvgIpc) is 3.09. The lowest BCUT2D eigenvalue weighted by Gasteiger charge is -2.21. The van der Waals surface area contributed by atoms with Gasteiger partial charge in [0.15, 0.2) is 0 Å². The van der Waals surface area contributed by atoms with Crippen LogP contribution in [0.4, 0.5) is 4.39 Å². The first-order valence-corrected chi connectivity index (χ1v) is 6.79. The minimum Gasteiger partial charge on any atom is -0.369 e. The summed E-state index contributed by atoms with van der Waals surface area (Å²) >= 11 is 3.43. The van der Waals surface area contributed by atoms with Crippen LogP contribution in [0.5, 0.6) is 0 Å². The molecule has 1 aromatic carbocycles. The Balaban J connectivity index is 2.03. The molecular formula is C13H16BrFO. The highest BCUT2D eigenvalue weighted by molar-refractivity contribution is 9.09. The Morgan fingerprint density at radius 2 is 2.25 bits per heavy atom. The summed E-state index contributed by atoms with van der Waals surface area (Å²) in [4.78, 5) is 0. The van der Waals surface area contributed by atoms with E-state index in [9.17, 15) is 4.39 Å². The molecule has 2 rings (SSSR count). The summed E-state index contributed by atoms with van der Waals surface area (Å²) in [6.07, 6.45) is 2.75. The van der Waals surface area contributed by atoms with Crippen molar-refractivity contribution in [2.24, 2.45) is 5.92 Å². The molecule has 3 heteroatoms. The number of hydrogen-bond donors (Lipinski definition) is 0. The van der Waals surface area contributed by atoms with Gasteiger partial charge in [-0.05, 0) is 43.4 Å². The van der Waals surface area contributed by atoms with Crippen LogP contribution in [-0.4, -0.2) is 11.4 Å². The maximum atomic E-state index is 13.1. The van der Waals surface area contributed by atoms with Crippen molar-refractivity contribution >= 4 is 15.9 Å². The Kier molecular flexibility index (Phi) is 3.98. The summed E-state index contributed by atoms with van der Waals surface area (Å²) in [5.41, 5.74) is 0.907. The van der Waals surface area contributed by atoms with Crippen LogP contribution in [0, 0.1) is 11.7 Å². The molecule has 1 fully saturated rings. The summed E-state index contributed by atoms with van der Waals surface area (Å²) in [5, 5.41) is 0.702. The van der Waals surface area contributed by atoms with E-state index >= 15 is 0 Å². The largest absolute Gasteiger partial charge is 0.369 e. The average molecular weight is 287 g/mol. The minimum atomic E-state index is -0.203. The first kappa shape index (κ1) is 12.1. The van der Waals surface area contributed by atoms with Crippen LogP contribution < -0.4 is 0 Å². The monoisotopic (exact) mass is 286 g/mol. The SMILES string of the molecule is CC(OC(CBr)c1cccc(F)c1)C1CC1. The zero-order chi connectivity index (χ0) is 11.5. The van der Waals surface area contributed by atoms with E-state index in [4.69, 9.17) is 4.74 Å². The van der Waals surface area contributed by atoms with Crippen LogP contribution in [0.25, 0.3) is 0 Å². The van der Waals surface area contributed by atoms with Crippen molar-refractivity contribution in [1.82, 2.24) is 0 Å². The molecule has 0 radical (unpaired) electrons. The quantitative estimate of drug-likeness (QED) is 0.742. The third-order valence-corrected chi connectivity index (χ3v) is 3.61. The van der Waals surface area contributed by atoms with Crippen molar-refractivity contribution < 1.29 is 9.13 Å². The number of hydrogen-bond acceptors (Lipinski definition) is 1. The highest BCUT2D eigenvalue weighted by Crippen LogP contribution is 2.36. The van der Waals surface area contributed by atoms with Crippen LogP contribution >= 0.6 is 15.9 Å².